The molecule has 28 heavy (non-hydrogen) atoms. The van der Waals surface area contributed by atoms with Crippen molar-refractivity contribution in [1.82, 2.24) is 10.1 Å². The van der Waals surface area contributed by atoms with Gasteiger partial charge in [-0.25, -0.2) is 4.39 Å². The summed E-state index contributed by atoms with van der Waals surface area (Å²) in [5.41, 5.74) is 0.882. The van der Waals surface area contributed by atoms with Crippen LogP contribution in [0.3, 0.4) is 0 Å². The van der Waals surface area contributed by atoms with Crippen LogP contribution >= 0.6 is 0 Å². The number of halogens is 1. The van der Waals surface area contributed by atoms with Crippen LogP contribution in [-0.4, -0.2) is 36.8 Å². The molecule has 0 radical (unpaired) electrons. The second kappa shape index (κ2) is 7.30. The molecule has 0 aliphatic carbocycles. The molecule has 8 heteroatoms. The van der Waals surface area contributed by atoms with Crippen LogP contribution in [0.5, 0.6) is 11.5 Å². The standard InChI is InChI=1S/C20H18FN3O4/c1-26-13-7-8-14(17(10-13)27-2)20-22-19(23-28-20)12-9-18(25)24(11-12)16-6-4-3-5-15(16)21/h3-8,10,12H,9,11H2,1-2H3. The van der Waals surface area contributed by atoms with Gasteiger partial charge in [-0.05, 0) is 24.3 Å². The molecule has 1 amide bonds. The third kappa shape index (κ3) is 3.17. The Morgan fingerprint density at radius 3 is 2.75 bits per heavy atom. The number of aromatic nitrogens is 2. The van der Waals surface area contributed by atoms with Gasteiger partial charge in [0.2, 0.25) is 5.91 Å². The molecule has 1 aliphatic rings. The molecule has 0 saturated carbocycles. The van der Waals surface area contributed by atoms with Crippen LogP contribution in [0, 0.1) is 5.82 Å². The number of amides is 1. The summed E-state index contributed by atoms with van der Waals surface area (Å²) in [5, 5.41) is 4.03. The van der Waals surface area contributed by atoms with E-state index in [1.54, 1.807) is 43.5 Å². The molecule has 0 bridgehead atoms. The van der Waals surface area contributed by atoms with Gasteiger partial charge in [-0.1, -0.05) is 17.3 Å². The molecule has 0 N–H and O–H groups in total. The lowest BCUT2D eigenvalue weighted by Crippen LogP contribution is -2.25. The van der Waals surface area contributed by atoms with Gasteiger partial charge in [0.25, 0.3) is 5.89 Å². The molecule has 1 unspecified atom stereocenters. The molecule has 1 saturated heterocycles. The summed E-state index contributed by atoms with van der Waals surface area (Å²) < 4.78 is 30.0. The van der Waals surface area contributed by atoms with E-state index in [-0.39, 0.29) is 29.8 Å². The Balaban J connectivity index is 1.59. The highest BCUT2D eigenvalue weighted by atomic mass is 19.1. The number of para-hydroxylation sites is 1. The third-order valence-corrected chi connectivity index (χ3v) is 4.71. The van der Waals surface area contributed by atoms with Crippen molar-refractivity contribution in [3.8, 4) is 23.0 Å². The van der Waals surface area contributed by atoms with E-state index in [1.807, 2.05) is 0 Å². The van der Waals surface area contributed by atoms with Crippen LogP contribution in [0.25, 0.3) is 11.5 Å². The lowest BCUT2D eigenvalue weighted by molar-refractivity contribution is -0.117. The van der Waals surface area contributed by atoms with Crippen LogP contribution in [0.1, 0.15) is 18.2 Å². The second-order valence-electron chi connectivity index (χ2n) is 6.38. The first-order valence-corrected chi connectivity index (χ1v) is 8.71. The van der Waals surface area contributed by atoms with Gasteiger partial charge in [0.05, 0.1) is 25.5 Å². The molecule has 2 heterocycles. The summed E-state index contributed by atoms with van der Waals surface area (Å²) in [6, 6.07) is 11.4. The summed E-state index contributed by atoms with van der Waals surface area (Å²) in [6.45, 7) is 0.290. The van der Waals surface area contributed by atoms with Gasteiger partial charge in [-0.2, -0.15) is 4.98 Å². The van der Waals surface area contributed by atoms with E-state index < -0.39 is 5.82 Å². The lowest BCUT2D eigenvalue weighted by Gasteiger charge is -2.16. The van der Waals surface area contributed by atoms with Gasteiger partial charge >= 0.3 is 0 Å². The Kier molecular flexibility index (Phi) is 4.68. The van der Waals surface area contributed by atoms with Crippen molar-refractivity contribution in [3.63, 3.8) is 0 Å². The molecule has 0 spiro atoms. The van der Waals surface area contributed by atoms with E-state index in [1.165, 1.54) is 18.1 Å². The van der Waals surface area contributed by atoms with E-state index in [9.17, 15) is 9.18 Å². The Morgan fingerprint density at radius 2 is 2.00 bits per heavy atom. The fraction of sp³-hybridized carbons (Fsp3) is 0.250. The third-order valence-electron chi connectivity index (χ3n) is 4.71. The van der Waals surface area contributed by atoms with Gasteiger partial charge in [0.15, 0.2) is 5.82 Å². The predicted molar refractivity (Wildman–Crippen MR) is 98.9 cm³/mol. The topological polar surface area (TPSA) is 77.7 Å². The van der Waals surface area contributed by atoms with E-state index in [0.29, 0.717) is 29.4 Å². The number of rotatable bonds is 5. The van der Waals surface area contributed by atoms with Gasteiger partial charge in [-0.15, -0.1) is 0 Å². The zero-order valence-electron chi connectivity index (χ0n) is 15.4. The van der Waals surface area contributed by atoms with Crippen molar-refractivity contribution in [2.24, 2.45) is 0 Å². The Bertz CT molecular complexity index is 1020. The zero-order chi connectivity index (χ0) is 19.7. The highest BCUT2D eigenvalue weighted by molar-refractivity contribution is 5.96. The number of ether oxygens (including phenoxy) is 2. The van der Waals surface area contributed by atoms with Gasteiger partial charge in [-0.3, -0.25) is 4.79 Å². The minimum absolute atomic E-state index is 0.177. The molecular weight excluding hydrogens is 365 g/mol. The number of hydrogen-bond acceptors (Lipinski definition) is 6. The smallest absolute Gasteiger partial charge is 0.261 e. The van der Waals surface area contributed by atoms with E-state index in [0.717, 1.165) is 0 Å². The number of hydrogen-bond donors (Lipinski definition) is 0. The monoisotopic (exact) mass is 383 g/mol. The molecule has 1 aliphatic heterocycles. The first-order valence-electron chi connectivity index (χ1n) is 8.71. The minimum atomic E-state index is -0.437. The van der Waals surface area contributed by atoms with Crippen molar-refractivity contribution in [1.29, 1.82) is 0 Å². The quantitative estimate of drug-likeness (QED) is 0.672. The molecule has 4 rings (SSSR count). The first-order chi connectivity index (χ1) is 13.6. The highest BCUT2D eigenvalue weighted by Gasteiger charge is 2.35. The SMILES string of the molecule is COc1ccc(-c2nc(C3CC(=O)N(c4ccccc4F)C3)no2)c(OC)c1. The maximum Gasteiger partial charge on any atom is 0.261 e. The lowest BCUT2D eigenvalue weighted by atomic mass is 10.1. The summed E-state index contributed by atoms with van der Waals surface area (Å²) in [7, 11) is 3.11. The zero-order valence-corrected chi connectivity index (χ0v) is 15.4. The number of carbonyl (C=O) groups excluding carboxylic acids is 1. The van der Waals surface area contributed by atoms with E-state index in [2.05, 4.69) is 10.1 Å². The minimum Gasteiger partial charge on any atom is -0.497 e. The van der Waals surface area contributed by atoms with Gasteiger partial charge in [0.1, 0.15) is 17.3 Å². The first kappa shape index (κ1) is 18.0. The Labute approximate surface area is 160 Å². The Morgan fingerprint density at radius 1 is 1.18 bits per heavy atom. The second-order valence-corrected chi connectivity index (χ2v) is 6.38. The van der Waals surface area contributed by atoms with Crippen molar-refractivity contribution in [2.45, 2.75) is 12.3 Å². The highest BCUT2D eigenvalue weighted by Crippen LogP contribution is 2.35. The normalized spacial score (nSPS) is 16.5. The largest absolute Gasteiger partial charge is 0.497 e. The van der Waals surface area contributed by atoms with Crippen LogP contribution in [0.2, 0.25) is 0 Å². The molecule has 1 fully saturated rings. The van der Waals surface area contributed by atoms with Crippen LogP contribution < -0.4 is 14.4 Å². The predicted octanol–water partition coefficient (Wildman–Crippen LogP) is 3.41. The van der Waals surface area contributed by atoms with Crippen LogP contribution in [-0.2, 0) is 4.79 Å². The van der Waals surface area contributed by atoms with Crippen LogP contribution in [0.15, 0.2) is 47.0 Å². The van der Waals surface area contributed by atoms with Crippen molar-refractivity contribution in [2.75, 3.05) is 25.7 Å². The number of methoxy groups -OCH3 is 2. The van der Waals surface area contributed by atoms with Gasteiger partial charge in [0, 0.05) is 24.9 Å². The number of anilines is 1. The summed E-state index contributed by atoms with van der Waals surface area (Å²) >= 11 is 0. The summed E-state index contributed by atoms with van der Waals surface area (Å²) in [5.74, 6) is 0.962. The average molecular weight is 383 g/mol. The van der Waals surface area contributed by atoms with Gasteiger partial charge < -0.3 is 18.9 Å². The van der Waals surface area contributed by atoms with E-state index >= 15 is 0 Å². The summed E-state index contributed by atoms with van der Waals surface area (Å²) in [6.07, 6.45) is 0.188. The molecule has 144 valence electrons. The van der Waals surface area contributed by atoms with Crippen molar-refractivity contribution in [3.05, 3.63) is 54.1 Å². The Hall–Kier alpha value is -3.42. The number of benzene rings is 2. The van der Waals surface area contributed by atoms with Crippen molar-refractivity contribution >= 4 is 11.6 Å². The summed E-state index contributed by atoms with van der Waals surface area (Å²) in [4.78, 5) is 18.3. The van der Waals surface area contributed by atoms with Crippen LogP contribution in [0.4, 0.5) is 10.1 Å². The molecule has 3 aromatic rings. The molecule has 1 aromatic heterocycles. The number of carbonyl (C=O) groups is 1. The fourth-order valence-electron chi connectivity index (χ4n) is 3.27. The molecular formula is C20H18FN3O4. The molecule has 1 atom stereocenters. The maximum absolute atomic E-state index is 14.0. The van der Waals surface area contributed by atoms with E-state index in [4.69, 9.17) is 14.0 Å². The molecule has 2 aromatic carbocycles. The molecule has 7 nitrogen and oxygen atoms in total. The van der Waals surface area contributed by atoms with Crippen molar-refractivity contribution < 1.29 is 23.2 Å². The fourth-order valence-corrected chi connectivity index (χ4v) is 3.27. The maximum atomic E-state index is 14.0. The number of nitrogens with zero attached hydrogens (tertiary/aromatic N) is 3. The average Bonchev–Trinajstić information content (AvgIpc) is 3.35.